The van der Waals surface area contributed by atoms with Crippen molar-refractivity contribution in [2.45, 2.75) is 6.92 Å². The van der Waals surface area contributed by atoms with Crippen LogP contribution in [0.4, 0.5) is 5.82 Å². The molecule has 8 heteroatoms. The predicted octanol–water partition coefficient (Wildman–Crippen LogP) is 0.641. The molecule has 4 heterocycles. The van der Waals surface area contributed by atoms with E-state index in [0.29, 0.717) is 18.7 Å². The third kappa shape index (κ3) is 4.51. The largest absolute Gasteiger partial charge is 1.00 e. The smallest absolute Gasteiger partial charge is 0.257 e. The number of rotatable bonds is 4. The lowest BCUT2D eigenvalue weighted by Crippen LogP contribution is -3.10. The Morgan fingerprint density at radius 2 is 1.64 bits per heavy atom. The molecule has 7 nitrogen and oxygen atoms in total. The van der Waals surface area contributed by atoms with Crippen molar-refractivity contribution in [2.24, 2.45) is 0 Å². The summed E-state index contributed by atoms with van der Waals surface area (Å²) in [5, 5.41) is 4.96. The highest BCUT2D eigenvalue weighted by molar-refractivity contribution is 5.93. The topological polar surface area (TPSA) is 68.1 Å². The quantitative estimate of drug-likeness (QED) is 0.394. The standard InChI is InChI=1S/C28H25N5O2.ClH/c1-20-7-9-22(10-8-20)25-17-26-29-24(21-5-3-2-4-6-21)18-27(33(26)30-25)31-12-14-32(15-13-31)28(34)23-11-16-35-19-23;/h2-11,16-19H,12-15H2,1H3;1H. The zero-order valence-corrected chi connectivity index (χ0v) is 20.7. The van der Waals surface area contributed by atoms with Gasteiger partial charge in [-0.2, -0.15) is 9.61 Å². The maximum atomic E-state index is 12.8. The van der Waals surface area contributed by atoms with Gasteiger partial charge in [0.25, 0.3) is 5.91 Å². The molecule has 0 saturated carbocycles. The Labute approximate surface area is 215 Å². The molecular formula is C28H26ClN5O2. The predicted molar refractivity (Wildman–Crippen MR) is 134 cm³/mol. The van der Waals surface area contributed by atoms with E-state index in [2.05, 4.69) is 55.5 Å². The van der Waals surface area contributed by atoms with Crippen molar-refractivity contribution in [2.75, 3.05) is 26.2 Å². The molecule has 0 aliphatic carbocycles. The van der Waals surface area contributed by atoms with Crippen LogP contribution in [0.1, 0.15) is 15.9 Å². The minimum Gasteiger partial charge on any atom is -1.00 e. The molecule has 0 bridgehead atoms. The molecule has 3 aromatic heterocycles. The zero-order valence-electron chi connectivity index (χ0n) is 19.9. The van der Waals surface area contributed by atoms with Crippen LogP contribution in [0.15, 0.2) is 89.7 Å². The highest BCUT2D eigenvalue weighted by atomic mass is 35.5. The number of hydrogen-bond acceptors (Lipinski definition) is 4. The van der Waals surface area contributed by atoms with Crippen LogP contribution in [0, 0.1) is 6.92 Å². The molecule has 0 radical (unpaired) electrons. The zero-order chi connectivity index (χ0) is 23.8. The van der Waals surface area contributed by atoms with Gasteiger partial charge in [0, 0.05) is 23.3 Å². The molecule has 0 spiro atoms. The fourth-order valence-corrected chi connectivity index (χ4v) is 4.65. The number of carbonyl (C=O) groups is 1. The third-order valence-corrected chi connectivity index (χ3v) is 6.63. The number of aromatic nitrogens is 3. The Bertz CT molecular complexity index is 1470. The molecule has 5 aromatic rings. The SMILES string of the molecule is Cc1ccc(-c2cc3nc(-c4ccccc4)cc([NH+]4CCN(C(=O)c5ccoc5)CC4)n3n2)cc1.[Cl-]. The maximum Gasteiger partial charge on any atom is 0.257 e. The Kier molecular flexibility index (Phi) is 6.59. The van der Waals surface area contributed by atoms with Gasteiger partial charge in [0.1, 0.15) is 19.4 Å². The monoisotopic (exact) mass is 499 g/mol. The van der Waals surface area contributed by atoms with Crippen molar-refractivity contribution < 1.29 is 26.5 Å². The summed E-state index contributed by atoms with van der Waals surface area (Å²) >= 11 is 0. The average molecular weight is 500 g/mol. The first-order valence-electron chi connectivity index (χ1n) is 11.9. The van der Waals surface area contributed by atoms with E-state index in [1.165, 1.54) is 23.0 Å². The molecule has 1 aliphatic rings. The molecular weight excluding hydrogens is 474 g/mol. The Hall–Kier alpha value is -3.94. The van der Waals surface area contributed by atoms with Crippen molar-refractivity contribution >= 4 is 17.4 Å². The van der Waals surface area contributed by atoms with Crippen LogP contribution < -0.4 is 17.3 Å². The van der Waals surface area contributed by atoms with Gasteiger partial charge in [-0.3, -0.25) is 9.69 Å². The van der Waals surface area contributed by atoms with Gasteiger partial charge >= 0.3 is 0 Å². The van der Waals surface area contributed by atoms with Gasteiger partial charge in [0.2, 0.25) is 5.82 Å². The summed E-state index contributed by atoms with van der Waals surface area (Å²) in [7, 11) is 0. The van der Waals surface area contributed by atoms with Gasteiger partial charge in [-0.05, 0) is 13.0 Å². The van der Waals surface area contributed by atoms with Crippen LogP contribution in [0.5, 0.6) is 0 Å². The number of quaternary nitrogens is 1. The van der Waals surface area contributed by atoms with E-state index in [0.717, 1.165) is 47.1 Å². The lowest BCUT2D eigenvalue weighted by molar-refractivity contribution is -0.840. The Morgan fingerprint density at radius 3 is 2.33 bits per heavy atom. The second-order valence-electron chi connectivity index (χ2n) is 8.97. The number of nitrogens with one attached hydrogen (secondary N) is 1. The van der Waals surface area contributed by atoms with E-state index < -0.39 is 0 Å². The molecule has 36 heavy (non-hydrogen) atoms. The molecule has 2 aromatic carbocycles. The summed E-state index contributed by atoms with van der Waals surface area (Å²) in [6.07, 6.45) is 3.05. The first-order chi connectivity index (χ1) is 17.2. The van der Waals surface area contributed by atoms with Gasteiger partial charge in [-0.15, -0.1) is 0 Å². The van der Waals surface area contributed by atoms with Gasteiger partial charge in [0.15, 0.2) is 5.65 Å². The molecule has 1 saturated heterocycles. The van der Waals surface area contributed by atoms with Crippen molar-refractivity contribution in [1.82, 2.24) is 19.5 Å². The number of hydrogen-bond donors (Lipinski definition) is 1. The number of nitrogens with zero attached hydrogens (tertiary/aromatic N) is 4. The summed E-state index contributed by atoms with van der Waals surface area (Å²) in [6, 6.07) is 24.5. The summed E-state index contributed by atoms with van der Waals surface area (Å²) in [6.45, 7) is 4.98. The number of benzene rings is 2. The molecule has 1 aliphatic heterocycles. The lowest BCUT2D eigenvalue weighted by atomic mass is 10.1. The highest BCUT2D eigenvalue weighted by Gasteiger charge is 2.29. The average Bonchev–Trinajstić information content (AvgIpc) is 3.59. The number of carbonyl (C=O) groups excluding carboxylic acids is 1. The maximum absolute atomic E-state index is 12.8. The fraction of sp³-hybridized carbons (Fsp3) is 0.179. The second-order valence-corrected chi connectivity index (χ2v) is 8.97. The summed E-state index contributed by atoms with van der Waals surface area (Å²) in [4.78, 5) is 20.9. The summed E-state index contributed by atoms with van der Waals surface area (Å²) < 4.78 is 7.06. The van der Waals surface area contributed by atoms with Gasteiger partial charge in [0.05, 0.1) is 36.3 Å². The second kappa shape index (κ2) is 9.97. The third-order valence-electron chi connectivity index (χ3n) is 6.63. The fourth-order valence-electron chi connectivity index (χ4n) is 4.65. The molecule has 1 N–H and O–H groups in total. The number of aryl methyl sites for hydroxylation is 1. The highest BCUT2D eigenvalue weighted by Crippen LogP contribution is 2.25. The van der Waals surface area contributed by atoms with Crippen LogP contribution in [0.25, 0.3) is 28.2 Å². The Morgan fingerprint density at radius 1 is 0.917 bits per heavy atom. The van der Waals surface area contributed by atoms with Crippen LogP contribution in [0.3, 0.4) is 0 Å². The first kappa shape index (κ1) is 23.8. The van der Waals surface area contributed by atoms with Crippen molar-refractivity contribution in [3.8, 4) is 22.5 Å². The Balaban J connectivity index is 0.00000267. The van der Waals surface area contributed by atoms with Gasteiger partial charge in [-0.1, -0.05) is 60.2 Å². The van der Waals surface area contributed by atoms with E-state index in [-0.39, 0.29) is 18.3 Å². The molecule has 1 fully saturated rings. The number of furan rings is 1. The molecule has 6 rings (SSSR count). The van der Waals surface area contributed by atoms with Crippen molar-refractivity contribution in [1.29, 1.82) is 0 Å². The van der Waals surface area contributed by atoms with Crippen LogP contribution in [-0.4, -0.2) is 51.6 Å². The number of halogens is 1. The minimum absolute atomic E-state index is 0. The van der Waals surface area contributed by atoms with Crippen LogP contribution >= 0.6 is 0 Å². The number of fused-ring (bicyclic) bond motifs is 1. The lowest BCUT2D eigenvalue weighted by Gasteiger charge is -2.31. The molecule has 0 unspecified atom stereocenters. The van der Waals surface area contributed by atoms with Crippen molar-refractivity contribution in [3.63, 3.8) is 0 Å². The number of piperazine rings is 1. The first-order valence-corrected chi connectivity index (χ1v) is 11.9. The van der Waals surface area contributed by atoms with Crippen molar-refractivity contribution in [3.05, 3.63) is 96.4 Å². The normalized spacial score (nSPS) is 14.1. The molecule has 0 atom stereocenters. The molecule has 182 valence electrons. The van der Waals surface area contributed by atoms with E-state index in [4.69, 9.17) is 14.5 Å². The van der Waals surface area contributed by atoms with E-state index in [1.54, 1.807) is 6.07 Å². The molecule has 1 amide bonds. The summed E-state index contributed by atoms with van der Waals surface area (Å²) in [5.41, 5.74) is 6.60. The minimum atomic E-state index is 0. The van der Waals surface area contributed by atoms with E-state index >= 15 is 0 Å². The van der Waals surface area contributed by atoms with Gasteiger partial charge in [-0.25, -0.2) is 4.98 Å². The van der Waals surface area contributed by atoms with Crippen LogP contribution in [-0.2, 0) is 0 Å². The van der Waals surface area contributed by atoms with Gasteiger partial charge < -0.3 is 21.7 Å². The van der Waals surface area contributed by atoms with E-state index in [9.17, 15) is 4.79 Å². The van der Waals surface area contributed by atoms with E-state index in [1.807, 2.05) is 27.6 Å². The number of amides is 1. The summed E-state index contributed by atoms with van der Waals surface area (Å²) in [5.74, 6) is 1.08. The van der Waals surface area contributed by atoms with Crippen LogP contribution in [0.2, 0.25) is 0 Å².